The van der Waals surface area contributed by atoms with Gasteiger partial charge in [0.15, 0.2) is 0 Å². The maximum Gasteiger partial charge on any atom is 0.227 e. The molecule has 0 unspecified atom stereocenters. The van der Waals surface area contributed by atoms with Crippen LogP contribution < -0.4 is 5.32 Å². The molecule has 0 saturated heterocycles. The topological polar surface area (TPSA) is 37.8 Å². The first-order valence-corrected chi connectivity index (χ1v) is 6.09. The van der Waals surface area contributed by atoms with E-state index in [1.165, 1.54) is 0 Å². The summed E-state index contributed by atoms with van der Waals surface area (Å²) in [6.07, 6.45) is 12.9. The number of hydrogen-bond acceptors (Lipinski definition) is 3. The Morgan fingerprint density at radius 3 is 2.68 bits per heavy atom. The molecule has 0 radical (unpaired) electrons. The predicted octanol–water partition coefficient (Wildman–Crippen LogP) is 4.12. The Bertz CT molecular complexity index is 537. The smallest absolute Gasteiger partial charge is 0.227 e. The number of nitrogens with zero attached hydrogens (tertiary/aromatic N) is 2. The summed E-state index contributed by atoms with van der Waals surface area (Å²) in [4.78, 5) is 8.65. The van der Waals surface area contributed by atoms with Crippen LogP contribution >= 0.6 is 0 Å². The summed E-state index contributed by atoms with van der Waals surface area (Å²) in [5, 5.41) is 3.14. The SMILES string of the molecule is C=C/C=C(\C=C/C)Nc1nccc(/C(C=C)=C/C)n1. The van der Waals surface area contributed by atoms with Crippen LogP contribution in [0.25, 0.3) is 5.57 Å². The first-order valence-electron chi connectivity index (χ1n) is 6.09. The van der Waals surface area contributed by atoms with Gasteiger partial charge in [-0.3, -0.25) is 0 Å². The van der Waals surface area contributed by atoms with Crippen molar-refractivity contribution in [2.24, 2.45) is 0 Å². The highest BCUT2D eigenvalue weighted by molar-refractivity contribution is 5.71. The van der Waals surface area contributed by atoms with Gasteiger partial charge in [0.2, 0.25) is 5.95 Å². The fraction of sp³-hybridized carbons (Fsp3) is 0.125. The van der Waals surface area contributed by atoms with Crippen molar-refractivity contribution >= 4 is 11.5 Å². The zero-order valence-corrected chi connectivity index (χ0v) is 11.4. The van der Waals surface area contributed by atoms with E-state index in [9.17, 15) is 0 Å². The molecule has 1 heterocycles. The van der Waals surface area contributed by atoms with E-state index >= 15 is 0 Å². The molecular weight excluding hydrogens is 234 g/mol. The summed E-state index contributed by atoms with van der Waals surface area (Å²) >= 11 is 0. The lowest BCUT2D eigenvalue weighted by molar-refractivity contribution is 1.13. The maximum atomic E-state index is 4.45. The summed E-state index contributed by atoms with van der Waals surface area (Å²) in [7, 11) is 0. The molecule has 1 N–H and O–H groups in total. The third-order valence-corrected chi connectivity index (χ3v) is 2.38. The van der Waals surface area contributed by atoms with Gasteiger partial charge < -0.3 is 5.32 Å². The van der Waals surface area contributed by atoms with E-state index in [1.807, 2.05) is 44.2 Å². The van der Waals surface area contributed by atoms with Crippen molar-refractivity contribution in [2.45, 2.75) is 13.8 Å². The van der Waals surface area contributed by atoms with Crippen LogP contribution in [0.4, 0.5) is 5.95 Å². The minimum atomic E-state index is 0.546. The van der Waals surface area contributed by atoms with E-state index < -0.39 is 0 Å². The second kappa shape index (κ2) is 7.82. The number of nitrogens with one attached hydrogen (secondary N) is 1. The molecule has 19 heavy (non-hydrogen) atoms. The van der Waals surface area contributed by atoms with E-state index in [0.717, 1.165) is 17.0 Å². The summed E-state index contributed by atoms with van der Waals surface area (Å²) in [5.41, 5.74) is 2.70. The largest absolute Gasteiger partial charge is 0.324 e. The van der Waals surface area contributed by atoms with Crippen molar-refractivity contribution in [3.63, 3.8) is 0 Å². The lowest BCUT2D eigenvalue weighted by atomic mass is 10.2. The molecule has 0 aliphatic heterocycles. The molecular formula is C16H19N3. The Kier molecular flexibility index (Phi) is 6.03. The van der Waals surface area contributed by atoms with Gasteiger partial charge >= 0.3 is 0 Å². The van der Waals surface area contributed by atoms with Gasteiger partial charge in [0.05, 0.1) is 5.69 Å². The average Bonchev–Trinajstić information content (AvgIpc) is 2.41. The number of hydrogen-bond donors (Lipinski definition) is 1. The Morgan fingerprint density at radius 2 is 2.11 bits per heavy atom. The first-order chi connectivity index (χ1) is 9.24. The fourth-order valence-corrected chi connectivity index (χ4v) is 1.52. The summed E-state index contributed by atoms with van der Waals surface area (Å²) < 4.78 is 0. The molecule has 0 aliphatic carbocycles. The lowest BCUT2D eigenvalue weighted by Crippen LogP contribution is -2.03. The minimum Gasteiger partial charge on any atom is -0.324 e. The molecule has 0 spiro atoms. The molecule has 1 rings (SSSR count). The number of allylic oxidation sites excluding steroid dienone is 7. The Balaban J connectivity index is 3.03. The zero-order valence-electron chi connectivity index (χ0n) is 11.4. The number of aromatic nitrogens is 2. The monoisotopic (exact) mass is 253 g/mol. The zero-order chi connectivity index (χ0) is 14.1. The van der Waals surface area contributed by atoms with Crippen molar-refractivity contribution in [3.8, 4) is 0 Å². The van der Waals surface area contributed by atoms with Gasteiger partial charge in [0.25, 0.3) is 0 Å². The van der Waals surface area contributed by atoms with Crippen molar-refractivity contribution in [1.29, 1.82) is 0 Å². The summed E-state index contributed by atoms with van der Waals surface area (Å²) in [5.74, 6) is 0.546. The van der Waals surface area contributed by atoms with Gasteiger partial charge in [-0.15, -0.1) is 0 Å². The highest BCUT2D eigenvalue weighted by Gasteiger charge is 2.02. The van der Waals surface area contributed by atoms with E-state index in [1.54, 1.807) is 18.3 Å². The molecule has 0 amide bonds. The summed E-state index contributed by atoms with van der Waals surface area (Å²) in [6.45, 7) is 11.4. The van der Waals surface area contributed by atoms with Gasteiger partial charge in [-0.05, 0) is 37.6 Å². The van der Waals surface area contributed by atoms with Gasteiger partial charge in [0.1, 0.15) is 0 Å². The standard InChI is InChI=1S/C16H19N3/c1-5-9-14(10-6-2)18-16-17-12-11-15(19-16)13(7-3)8-4/h5-12H,1,3H2,2,4H3,(H,17,18,19)/b10-6-,13-8+,14-9+. The Morgan fingerprint density at radius 1 is 1.32 bits per heavy atom. The molecule has 1 aromatic heterocycles. The molecule has 1 aromatic rings. The maximum absolute atomic E-state index is 4.45. The third kappa shape index (κ3) is 4.39. The fourth-order valence-electron chi connectivity index (χ4n) is 1.52. The third-order valence-electron chi connectivity index (χ3n) is 2.38. The van der Waals surface area contributed by atoms with Crippen LogP contribution in [0.3, 0.4) is 0 Å². The molecule has 98 valence electrons. The Hall–Kier alpha value is -2.42. The van der Waals surface area contributed by atoms with Crippen LogP contribution in [-0.2, 0) is 0 Å². The molecule has 3 nitrogen and oxygen atoms in total. The van der Waals surface area contributed by atoms with Crippen molar-refractivity contribution in [2.75, 3.05) is 5.32 Å². The predicted molar refractivity (Wildman–Crippen MR) is 82.6 cm³/mol. The molecule has 0 atom stereocenters. The second-order valence-electron chi connectivity index (χ2n) is 3.70. The highest BCUT2D eigenvalue weighted by atomic mass is 15.1. The van der Waals surface area contributed by atoms with Gasteiger partial charge in [0, 0.05) is 11.9 Å². The van der Waals surface area contributed by atoms with E-state index in [2.05, 4.69) is 28.4 Å². The van der Waals surface area contributed by atoms with Crippen molar-refractivity contribution < 1.29 is 0 Å². The molecule has 0 saturated carbocycles. The van der Waals surface area contributed by atoms with Crippen LogP contribution in [0.5, 0.6) is 0 Å². The minimum absolute atomic E-state index is 0.546. The lowest BCUT2D eigenvalue weighted by Gasteiger charge is -2.07. The molecule has 0 fully saturated rings. The number of anilines is 1. The van der Waals surface area contributed by atoms with Crippen LogP contribution in [0, 0.1) is 0 Å². The van der Waals surface area contributed by atoms with Gasteiger partial charge in [-0.25, -0.2) is 9.97 Å². The summed E-state index contributed by atoms with van der Waals surface area (Å²) in [6, 6.07) is 1.86. The molecule has 3 heteroatoms. The first kappa shape index (κ1) is 14.6. The van der Waals surface area contributed by atoms with Crippen molar-refractivity contribution in [3.05, 3.63) is 73.3 Å². The van der Waals surface area contributed by atoms with Crippen LogP contribution in [0.1, 0.15) is 19.5 Å². The second-order valence-corrected chi connectivity index (χ2v) is 3.70. The average molecular weight is 253 g/mol. The quantitative estimate of drug-likeness (QED) is 0.775. The van der Waals surface area contributed by atoms with E-state index in [4.69, 9.17) is 0 Å². The van der Waals surface area contributed by atoms with Crippen LogP contribution in [0.2, 0.25) is 0 Å². The molecule has 0 bridgehead atoms. The number of rotatable bonds is 6. The van der Waals surface area contributed by atoms with Crippen molar-refractivity contribution in [1.82, 2.24) is 9.97 Å². The van der Waals surface area contributed by atoms with Gasteiger partial charge in [-0.2, -0.15) is 0 Å². The normalized spacial score (nSPS) is 12.5. The Labute approximate surface area is 114 Å². The molecule has 0 aliphatic rings. The van der Waals surface area contributed by atoms with Crippen LogP contribution in [-0.4, -0.2) is 9.97 Å². The highest BCUT2D eigenvalue weighted by Crippen LogP contribution is 2.14. The van der Waals surface area contributed by atoms with E-state index in [0.29, 0.717) is 5.95 Å². The van der Waals surface area contributed by atoms with Crippen LogP contribution in [0.15, 0.2) is 67.6 Å². The van der Waals surface area contributed by atoms with E-state index in [-0.39, 0.29) is 0 Å². The molecule has 0 aromatic carbocycles. The van der Waals surface area contributed by atoms with Gasteiger partial charge in [-0.1, -0.05) is 37.5 Å².